The molecular formula is C18H29N3O. The van der Waals surface area contributed by atoms with E-state index >= 15 is 0 Å². The number of aliphatic imine (C=N–C) groups is 1. The lowest BCUT2D eigenvalue weighted by atomic mass is 9.82. The number of likely N-dealkylation sites (tertiary alicyclic amines) is 1. The minimum atomic E-state index is 0.534. The van der Waals surface area contributed by atoms with E-state index in [1.807, 2.05) is 0 Å². The normalized spacial score (nSPS) is 40.3. The Balaban J connectivity index is 1.40. The zero-order valence-corrected chi connectivity index (χ0v) is 13.7. The predicted octanol–water partition coefficient (Wildman–Crippen LogP) is 2.42. The van der Waals surface area contributed by atoms with Gasteiger partial charge in [-0.05, 0) is 44.9 Å². The molecule has 3 heterocycles. The molecule has 0 aromatic heterocycles. The Kier molecular flexibility index (Phi) is 4.12. The molecule has 22 heavy (non-hydrogen) atoms. The van der Waals surface area contributed by atoms with Gasteiger partial charge in [0, 0.05) is 38.0 Å². The molecule has 122 valence electrons. The van der Waals surface area contributed by atoms with Crippen molar-refractivity contribution in [3.8, 4) is 0 Å². The highest BCUT2D eigenvalue weighted by Gasteiger charge is 2.53. The fraction of sp³-hybridized carbons (Fsp3) is 0.833. The monoisotopic (exact) mass is 303 g/mol. The first-order chi connectivity index (χ1) is 10.8. The van der Waals surface area contributed by atoms with Crippen molar-refractivity contribution in [2.75, 3.05) is 26.2 Å². The molecule has 4 heteroatoms. The van der Waals surface area contributed by atoms with Crippen LogP contribution >= 0.6 is 0 Å². The van der Waals surface area contributed by atoms with Crippen LogP contribution in [0.2, 0.25) is 0 Å². The van der Waals surface area contributed by atoms with Gasteiger partial charge in [0.1, 0.15) is 0 Å². The summed E-state index contributed by atoms with van der Waals surface area (Å²) in [6.45, 7) is 6.38. The summed E-state index contributed by atoms with van der Waals surface area (Å²) in [6.07, 6.45) is 12.0. The average molecular weight is 303 g/mol. The third-order valence-corrected chi connectivity index (χ3v) is 5.96. The number of nitrogens with one attached hydrogen (secondary N) is 1. The van der Waals surface area contributed by atoms with Gasteiger partial charge >= 0.3 is 0 Å². The SMILES string of the molecule is CCNC(=NCC1CC=CCC1)N1CC2C3CCC(O3)C2C1. The Morgan fingerprint density at radius 3 is 2.59 bits per heavy atom. The van der Waals surface area contributed by atoms with E-state index in [1.165, 1.54) is 32.1 Å². The highest BCUT2D eigenvalue weighted by molar-refractivity contribution is 5.80. The second kappa shape index (κ2) is 6.23. The van der Waals surface area contributed by atoms with E-state index in [4.69, 9.17) is 9.73 Å². The number of allylic oxidation sites excluding steroid dienone is 2. The second-order valence-electron chi connectivity index (χ2n) is 7.37. The molecule has 5 atom stereocenters. The van der Waals surface area contributed by atoms with Gasteiger partial charge in [-0.2, -0.15) is 0 Å². The maximum atomic E-state index is 6.09. The molecular weight excluding hydrogens is 274 g/mol. The first kappa shape index (κ1) is 14.6. The Hall–Kier alpha value is -1.03. The van der Waals surface area contributed by atoms with Crippen LogP contribution in [-0.4, -0.2) is 49.2 Å². The predicted molar refractivity (Wildman–Crippen MR) is 88.9 cm³/mol. The number of guanidine groups is 1. The highest BCUT2D eigenvalue weighted by Crippen LogP contribution is 2.47. The Morgan fingerprint density at radius 2 is 1.95 bits per heavy atom. The van der Waals surface area contributed by atoms with Crippen LogP contribution in [0.5, 0.6) is 0 Å². The largest absolute Gasteiger partial charge is 0.374 e. The fourth-order valence-corrected chi connectivity index (χ4v) is 4.80. The van der Waals surface area contributed by atoms with Crippen LogP contribution in [0.4, 0.5) is 0 Å². The van der Waals surface area contributed by atoms with E-state index in [1.54, 1.807) is 0 Å². The zero-order chi connectivity index (χ0) is 14.9. The van der Waals surface area contributed by atoms with Crippen molar-refractivity contribution >= 4 is 5.96 Å². The molecule has 3 saturated heterocycles. The molecule has 2 bridgehead atoms. The molecule has 4 aliphatic rings. The van der Waals surface area contributed by atoms with Crippen LogP contribution in [0.3, 0.4) is 0 Å². The van der Waals surface area contributed by atoms with Crippen LogP contribution in [0, 0.1) is 17.8 Å². The highest BCUT2D eigenvalue weighted by atomic mass is 16.5. The summed E-state index contributed by atoms with van der Waals surface area (Å²) in [5.41, 5.74) is 0. The maximum absolute atomic E-state index is 6.09. The molecule has 3 aliphatic heterocycles. The van der Waals surface area contributed by atoms with E-state index in [9.17, 15) is 0 Å². The van der Waals surface area contributed by atoms with Crippen LogP contribution in [0.25, 0.3) is 0 Å². The summed E-state index contributed by atoms with van der Waals surface area (Å²) in [6, 6.07) is 0. The van der Waals surface area contributed by atoms with Crippen molar-refractivity contribution < 1.29 is 4.74 Å². The van der Waals surface area contributed by atoms with Crippen molar-refractivity contribution in [3.63, 3.8) is 0 Å². The maximum Gasteiger partial charge on any atom is 0.193 e. The van der Waals surface area contributed by atoms with Crippen molar-refractivity contribution in [1.29, 1.82) is 0 Å². The molecule has 1 N–H and O–H groups in total. The number of hydrogen-bond acceptors (Lipinski definition) is 2. The van der Waals surface area contributed by atoms with E-state index in [0.29, 0.717) is 12.2 Å². The van der Waals surface area contributed by atoms with Gasteiger partial charge in [-0.3, -0.25) is 4.99 Å². The standard InChI is InChI=1S/C18H29N3O/c1-2-19-18(20-10-13-6-4-3-5-7-13)21-11-14-15(12-21)17-9-8-16(14)22-17/h3-4,13-17H,2,5-12H2,1H3,(H,19,20). The fourth-order valence-electron chi connectivity index (χ4n) is 4.80. The van der Waals surface area contributed by atoms with Gasteiger partial charge < -0.3 is 15.0 Å². The average Bonchev–Trinajstić information content (AvgIpc) is 3.24. The Labute approximate surface area is 134 Å². The minimum absolute atomic E-state index is 0.534. The summed E-state index contributed by atoms with van der Waals surface area (Å²) in [7, 11) is 0. The summed E-state index contributed by atoms with van der Waals surface area (Å²) < 4.78 is 6.09. The summed E-state index contributed by atoms with van der Waals surface area (Å²) >= 11 is 0. The van der Waals surface area contributed by atoms with Crippen LogP contribution in [-0.2, 0) is 4.74 Å². The molecule has 1 aliphatic carbocycles. The van der Waals surface area contributed by atoms with Crippen LogP contribution < -0.4 is 5.32 Å². The van der Waals surface area contributed by atoms with Gasteiger partial charge in [-0.25, -0.2) is 0 Å². The lowest BCUT2D eigenvalue weighted by Crippen LogP contribution is -2.41. The third-order valence-electron chi connectivity index (χ3n) is 5.96. The minimum Gasteiger partial charge on any atom is -0.374 e. The molecule has 0 amide bonds. The van der Waals surface area contributed by atoms with Crippen molar-refractivity contribution in [2.45, 2.75) is 51.2 Å². The van der Waals surface area contributed by atoms with E-state index in [-0.39, 0.29) is 0 Å². The van der Waals surface area contributed by atoms with Crippen molar-refractivity contribution in [1.82, 2.24) is 10.2 Å². The number of ether oxygens (including phenoxy) is 1. The Morgan fingerprint density at radius 1 is 1.18 bits per heavy atom. The first-order valence-electron chi connectivity index (χ1n) is 9.19. The van der Waals surface area contributed by atoms with Gasteiger partial charge in [-0.1, -0.05) is 12.2 Å². The van der Waals surface area contributed by atoms with Gasteiger partial charge in [0.2, 0.25) is 0 Å². The number of fused-ring (bicyclic) bond motifs is 5. The summed E-state index contributed by atoms with van der Waals surface area (Å²) in [5, 5.41) is 3.52. The molecule has 5 unspecified atom stereocenters. The van der Waals surface area contributed by atoms with E-state index in [0.717, 1.165) is 49.9 Å². The quantitative estimate of drug-likeness (QED) is 0.494. The van der Waals surface area contributed by atoms with E-state index < -0.39 is 0 Å². The number of hydrogen-bond donors (Lipinski definition) is 1. The molecule has 3 fully saturated rings. The summed E-state index contributed by atoms with van der Waals surface area (Å²) in [5.74, 6) is 3.38. The van der Waals surface area contributed by atoms with Crippen molar-refractivity contribution in [3.05, 3.63) is 12.2 Å². The van der Waals surface area contributed by atoms with Crippen molar-refractivity contribution in [2.24, 2.45) is 22.7 Å². The second-order valence-corrected chi connectivity index (χ2v) is 7.37. The molecule has 4 nitrogen and oxygen atoms in total. The summed E-state index contributed by atoms with van der Waals surface area (Å²) in [4.78, 5) is 7.48. The van der Waals surface area contributed by atoms with Gasteiger partial charge in [0.05, 0.1) is 12.2 Å². The van der Waals surface area contributed by atoms with Gasteiger partial charge in [0.15, 0.2) is 5.96 Å². The molecule has 0 radical (unpaired) electrons. The topological polar surface area (TPSA) is 36.9 Å². The first-order valence-corrected chi connectivity index (χ1v) is 9.19. The zero-order valence-electron chi connectivity index (χ0n) is 13.7. The van der Waals surface area contributed by atoms with Crippen LogP contribution in [0.15, 0.2) is 17.1 Å². The van der Waals surface area contributed by atoms with Gasteiger partial charge in [-0.15, -0.1) is 0 Å². The number of nitrogens with zero attached hydrogens (tertiary/aromatic N) is 2. The molecule has 0 saturated carbocycles. The van der Waals surface area contributed by atoms with E-state index in [2.05, 4.69) is 29.3 Å². The number of rotatable bonds is 3. The molecule has 0 aromatic carbocycles. The smallest absolute Gasteiger partial charge is 0.193 e. The lowest BCUT2D eigenvalue weighted by Gasteiger charge is -2.24. The molecule has 0 aromatic rings. The van der Waals surface area contributed by atoms with Crippen LogP contribution in [0.1, 0.15) is 39.0 Å². The Bertz CT molecular complexity index is 443. The third kappa shape index (κ3) is 2.66. The molecule has 4 rings (SSSR count). The lowest BCUT2D eigenvalue weighted by molar-refractivity contribution is 0.0767. The van der Waals surface area contributed by atoms with Gasteiger partial charge in [0.25, 0.3) is 0 Å². The molecule has 0 spiro atoms.